The quantitative estimate of drug-likeness (QED) is 0.363. The van der Waals surface area contributed by atoms with Crippen LogP contribution >= 0.6 is 0 Å². The predicted octanol–water partition coefficient (Wildman–Crippen LogP) is 1.50. The van der Waals surface area contributed by atoms with E-state index < -0.39 is 34.4 Å². The van der Waals surface area contributed by atoms with Crippen molar-refractivity contribution in [2.45, 2.75) is 37.3 Å². The molecule has 6 heteroatoms. The van der Waals surface area contributed by atoms with Gasteiger partial charge >= 0.3 is 5.97 Å². The molecule has 1 aromatic carbocycles. The lowest BCUT2D eigenvalue weighted by Crippen LogP contribution is -2.56. The molecule has 1 aromatic rings. The molecular weight excluding hydrogens is 262 g/mol. The number of nitro groups is 1. The van der Waals surface area contributed by atoms with E-state index in [-0.39, 0.29) is 6.42 Å². The number of fused-ring (bicyclic) bond motifs is 3. The third kappa shape index (κ3) is 1.79. The third-order valence-electron chi connectivity index (χ3n) is 4.39. The highest BCUT2D eigenvalue weighted by Crippen LogP contribution is 2.49. The van der Waals surface area contributed by atoms with Crippen LogP contribution in [0, 0.1) is 16.0 Å². The summed E-state index contributed by atoms with van der Waals surface area (Å²) in [6.07, 6.45) is 0.617. The molecule has 1 aliphatic heterocycles. The van der Waals surface area contributed by atoms with Crippen LogP contribution in [0.4, 0.5) is 0 Å². The fourth-order valence-corrected chi connectivity index (χ4v) is 3.42. The minimum Gasteiger partial charge on any atom is -0.426 e. The molecule has 106 valence electrons. The summed E-state index contributed by atoms with van der Waals surface area (Å²) >= 11 is 0. The zero-order valence-electron chi connectivity index (χ0n) is 11.0. The van der Waals surface area contributed by atoms with Gasteiger partial charge in [0.2, 0.25) is 6.04 Å². The first-order valence-electron chi connectivity index (χ1n) is 6.58. The largest absolute Gasteiger partial charge is 0.426 e. The van der Waals surface area contributed by atoms with Crippen molar-refractivity contribution in [3.05, 3.63) is 39.9 Å². The maximum absolute atomic E-state index is 12.0. The van der Waals surface area contributed by atoms with Crippen molar-refractivity contribution in [1.29, 1.82) is 0 Å². The topological polar surface area (TPSA) is 89.7 Å². The second-order valence-corrected chi connectivity index (χ2v) is 5.72. The van der Waals surface area contributed by atoms with Crippen LogP contribution in [0.15, 0.2) is 24.3 Å². The predicted molar refractivity (Wildman–Crippen MR) is 68.9 cm³/mol. The van der Waals surface area contributed by atoms with E-state index in [1.165, 1.54) is 6.92 Å². The number of benzene rings is 1. The van der Waals surface area contributed by atoms with Gasteiger partial charge in [-0.25, -0.2) is 0 Å². The summed E-state index contributed by atoms with van der Waals surface area (Å²) in [6.45, 7) is 1.47. The Labute approximate surface area is 115 Å². The van der Waals surface area contributed by atoms with Crippen LogP contribution < -0.4 is 4.74 Å². The Morgan fingerprint density at radius 1 is 1.45 bits per heavy atom. The molecule has 6 nitrogen and oxygen atoms in total. The van der Waals surface area contributed by atoms with E-state index in [2.05, 4.69) is 0 Å². The molecule has 4 atom stereocenters. The summed E-state index contributed by atoms with van der Waals surface area (Å²) in [5.74, 6) is -1.26. The van der Waals surface area contributed by atoms with Gasteiger partial charge in [-0.3, -0.25) is 14.9 Å². The first-order valence-corrected chi connectivity index (χ1v) is 6.58. The number of carbonyl (C=O) groups excluding carboxylic acids is 1. The maximum atomic E-state index is 12.0. The smallest absolute Gasteiger partial charge is 0.315 e. The van der Waals surface area contributed by atoms with Crippen molar-refractivity contribution in [2.75, 3.05) is 0 Å². The number of rotatable bonds is 1. The van der Waals surface area contributed by atoms with E-state index in [1.807, 2.05) is 0 Å². The van der Waals surface area contributed by atoms with Crippen LogP contribution in [0.2, 0.25) is 0 Å². The van der Waals surface area contributed by atoms with E-state index in [9.17, 15) is 20.0 Å². The summed E-state index contributed by atoms with van der Waals surface area (Å²) < 4.78 is 5.25. The molecule has 1 saturated carbocycles. The molecular formula is C14H15NO5. The molecule has 2 aliphatic rings. The van der Waals surface area contributed by atoms with Gasteiger partial charge in [0.1, 0.15) is 11.4 Å². The van der Waals surface area contributed by atoms with E-state index in [0.717, 1.165) is 0 Å². The first-order chi connectivity index (χ1) is 9.42. The Bertz CT molecular complexity index is 583. The van der Waals surface area contributed by atoms with Gasteiger partial charge in [0.05, 0.1) is 11.8 Å². The van der Waals surface area contributed by atoms with Crippen LogP contribution in [-0.2, 0) is 4.79 Å². The Balaban J connectivity index is 2.15. The molecule has 0 saturated heterocycles. The summed E-state index contributed by atoms with van der Waals surface area (Å²) in [6, 6.07) is 5.64. The summed E-state index contributed by atoms with van der Waals surface area (Å²) in [4.78, 5) is 23.0. The van der Waals surface area contributed by atoms with Gasteiger partial charge in [-0.05, 0) is 25.8 Å². The van der Waals surface area contributed by atoms with Crippen molar-refractivity contribution in [1.82, 2.24) is 0 Å². The number of hydrogen-bond donors (Lipinski definition) is 1. The Morgan fingerprint density at radius 2 is 2.15 bits per heavy atom. The molecule has 20 heavy (non-hydrogen) atoms. The van der Waals surface area contributed by atoms with Gasteiger partial charge in [0.15, 0.2) is 0 Å². The molecule has 0 amide bonds. The van der Waals surface area contributed by atoms with Crippen LogP contribution in [-0.4, -0.2) is 27.6 Å². The van der Waals surface area contributed by atoms with Gasteiger partial charge in [-0.2, -0.15) is 0 Å². The standard InChI is InChI=1S/C14H15NO5/c1-14(17)7-6-9-11(12(14)15(18)19)8-4-2-3-5-10(8)20-13(9)16/h2-5,9,11-12,17H,6-7H2,1H3/t9-,11-,12+,14-/m1/s1. The molecule has 0 aromatic heterocycles. The van der Waals surface area contributed by atoms with Crippen LogP contribution in [0.3, 0.4) is 0 Å². The van der Waals surface area contributed by atoms with E-state index in [4.69, 9.17) is 4.74 Å². The molecule has 0 unspecified atom stereocenters. The van der Waals surface area contributed by atoms with Gasteiger partial charge in [-0.1, -0.05) is 18.2 Å². The SMILES string of the molecule is C[C@@]1(O)CC[C@H]2C(=O)Oc3ccccc3[C@H]2[C@@H]1[N+](=O)[O-]. The number of hydrogen-bond acceptors (Lipinski definition) is 5. The summed E-state index contributed by atoms with van der Waals surface area (Å²) in [5.41, 5.74) is -0.783. The fourth-order valence-electron chi connectivity index (χ4n) is 3.42. The lowest BCUT2D eigenvalue weighted by molar-refractivity contribution is -0.554. The fraction of sp³-hybridized carbons (Fsp3) is 0.500. The zero-order valence-corrected chi connectivity index (χ0v) is 11.0. The zero-order chi connectivity index (χ0) is 14.5. The monoisotopic (exact) mass is 277 g/mol. The van der Waals surface area contributed by atoms with Gasteiger partial charge < -0.3 is 9.84 Å². The molecule has 1 aliphatic carbocycles. The number of ether oxygens (including phenoxy) is 1. The molecule has 3 rings (SSSR count). The summed E-state index contributed by atoms with van der Waals surface area (Å²) in [5, 5.41) is 21.8. The molecule has 1 fully saturated rings. The maximum Gasteiger partial charge on any atom is 0.315 e. The number of esters is 1. The normalized spacial score (nSPS) is 35.7. The highest BCUT2D eigenvalue weighted by molar-refractivity contribution is 5.79. The highest BCUT2D eigenvalue weighted by atomic mass is 16.6. The van der Waals surface area contributed by atoms with Gasteiger partial charge in [0.25, 0.3) is 0 Å². The molecule has 1 heterocycles. The van der Waals surface area contributed by atoms with Crippen molar-refractivity contribution < 1.29 is 19.6 Å². The van der Waals surface area contributed by atoms with Crippen LogP contribution in [0.1, 0.15) is 31.2 Å². The Kier molecular flexibility index (Phi) is 2.79. The van der Waals surface area contributed by atoms with Crippen molar-refractivity contribution >= 4 is 5.97 Å². The number of nitrogens with zero attached hydrogens (tertiary/aromatic N) is 1. The van der Waals surface area contributed by atoms with Crippen molar-refractivity contribution in [3.63, 3.8) is 0 Å². The van der Waals surface area contributed by atoms with Crippen molar-refractivity contribution in [3.8, 4) is 5.75 Å². The molecule has 0 bridgehead atoms. The number of aliphatic hydroxyl groups is 1. The Morgan fingerprint density at radius 3 is 2.85 bits per heavy atom. The Hall–Kier alpha value is -1.95. The minimum atomic E-state index is -1.42. The average Bonchev–Trinajstić information content (AvgIpc) is 2.37. The molecule has 1 N–H and O–H groups in total. The van der Waals surface area contributed by atoms with E-state index >= 15 is 0 Å². The molecule has 0 spiro atoms. The number of carbonyl (C=O) groups is 1. The van der Waals surface area contributed by atoms with Crippen LogP contribution in [0.25, 0.3) is 0 Å². The second-order valence-electron chi connectivity index (χ2n) is 5.72. The minimum absolute atomic E-state index is 0.219. The van der Waals surface area contributed by atoms with Gasteiger partial charge in [0, 0.05) is 10.5 Å². The number of para-hydroxylation sites is 1. The average molecular weight is 277 g/mol. The third-order valence-corrected chi connectivity index (χ3v) is 4.39. The van der Waals surface area contributed by atoms with Crippen LogP contribution in [0.5, 0.6) is 5.75 Å². The van der Waals surface area contributed by atoms with E-state index in [0.29, 0.717) is 17.7 Å². The van der Waals surface area contributed by atoms with Crippen molar-refractivity contribution in [2.24, 2.45) is 5.92 Å². The first kappa shape index (κ1) is 13.1. The second kappa shape index (κ2) is 4.28. The van der Waals surface area contributed by atoms with E-state index in [1.54, 1.807) is 24.3 Å². The summed E-state index contributed by atoms with van der Waals surface area (Å²) in [7, 11) is 0. The highest BCUT2D eigenvalue weighted by Gasteiger charge is 2.58. The molecule has 0 radical (unpaired) electrons. The van der Waals surface area contributed by atoms with Gasteiger partial charge in [-0.15, -0.1) is 0 Å². The lowest BCUT2D eigenvalue weighted by Gasteiger charge is -2.42. The lowest BCUT2D eigenvalue weighted by atomic mass is 9.65.